The first-order valence-corrected chi connectivity index (χ1v) is 20.8. The largest absolute Gasteiger partial charge is 0.478 e. The third kappa shape index (κ3) is 20.7. The fourth-order valence-electron chi connectivity index (χ4n) is 3.95. The summed E-state index contributed by atoms with van der Waals surface area (Å²) < 4.78 is 1.38. The summed E-state index contributed by atoms with van der Waals surface area (Å²) in [6.45, 7) is 0. The van der Waals surface area contributed by atoms with Crippen LogP contribution in [0.25, 0.3) is 0 Å². The van der Waals surface area contributed by atoms with Crippen LogP contribution in [0.15, 0.2) is 91.0 Å². The summed E-state index contributed by atoms with van der Waals surface area (Å²) >= 11 is 26.7. The van der Waals surface area contributed by atoms with Gasteiger partial charge in [-0.05, 0) is 152 Å². The number of carbonyl (C=O) groups is 5. The van der Waals surface area contributed by atoms with Gasteiger partial charge >= 0.3 is 5.97 Å². The summed E-state index contributed by atoms with van der Waals surface area (Å²) in [7, 11) is 0. The number of hydrogen-bond donors (Lipinski definition) is 4. The number of hydrogen-bond acceptors (Lipinski definition) is 16. The van der Waals surface area contributed by atoms with Gasteiger partial charge in [0.15, 0.2) is 0 Å². The molecule has 0 atom stereocenters. The lowest BCUT2D eigenvalue weighted by Gasteiger charge is -1.97. The highest BCUT2D eigenvalue weighted by Crippen LogP contribution is 2.27. The predicted molar refractivity (Wildman–Crippen MR) is 267 cm³/mol. The monoisotopic (exact) mass is 1350 g/mol. The predicted octanol–water partition coefficient (Wildman–Crippen LogP) is 9.09. The number of amides is 2. The van der Waals surface area contributed by atoms with Crippen molar-refractivity contribution in [2.75, 3.05) is 0 Å². The average molecular weight is 1350 g/mol. The molecular weight excluding hydrogens is 1330 g/mol. The Morgan fingerprint density at radius 3 is 0.955 bits per heavy atom. The lowest BCUT2D eigenvalue weighted by atomic mass is 10.2. The van der Waals surface area contributed by atoms with E-state index in [1.807, 2.05) is 45.2 Å². The van der Waals surface area contributed by atoms with Crippen LogP contribution in [0.3, 0.4) is 0 Å². The smallest absolute Gasteiger partial charge is 0.335 e. The van der Waals surface area contributed by atoms with Crippen LogP contribution in [0, 0.1) is 61.3 Å². The molecule has 5 aromatic carbocycles. The van der Waals surface area contributed by atoms with Gasteiger partial charge in [0.2, 0.25) is 11.8 Å². The number of nitrogens with zero attached hydrogens (tertiary/aromatic N) is 5. The van der Waals surface area contributed by atoms with Crippen molar-refractivity contribution < 1.29 is 59.2 Å². The molecule has 0 aliphatic rings. The number of halogens is 7. The number of aromatic carboxylic acids is 1. The molecule has 0 bridgehead atoms. The van der Waals surface area contributed by atoms with Gasteiger partial charge in [-0.15, -0.1) is 0 Å². The molecule has 0 saturated carbocycles. The van der Waals surface area contributed by atoms with Crippen molar-refractivity contribution in [3.8, 4) is 0 Å². The minimum absolute atomic E-state index is 0. The second-order valence-corrected chi connectivity index (χ2v) is 16.2. The molecule has 0 spiro atoms. The van der Waals surface area contributed by atoms with E-state index in [4.69, 9.17) is 63.0 Å². The van der Waals surface area contributed by atoms with Crippen LogP contribution in [0.5, 0.6) is 0 Å². The molecule has 0 aromatic heterocycles. The molecule has 0 aliphatic heterocycles. The van der Waals surface area contributed by atoms with Gasteiger partial charge in [-0.3, -0.25) is 69.7 Å². The Balaban J connectivity index is 0. The molecule has 0 heterocycles. The molecule has 5 aromatic rings. The normalized spacial score (nSPS) is 9.36. The standard InChI is InChI=1S/C7H3Cl2NO3.C7H3ClINO3.C7H5ClN2O3.C7H5IN2O3.C7H4INO4.H3N.H2O/c8-5-2-1-4(7(9)11)3-6(5)10(12)13;8-7(11)4-1-2-5(9)6(3-4)10(12)13;2*8-5-2-1-4(7(9)11)3-6(5)10(12)13;8-5-2-1-4(7(10)11)3-6(5)9(12)13;;/h2*1-3H;2*1-3H,(H2,9,11);1-3H,(H,10,11);1H3;1H2. The molecule has 0 fully saturated rings. The van der Waals surface area contributed by atoms with Crippen LogP contribution in [-0.2, 0) is 0 Å². The van der Waals surface area contributed by atoms with E-state index in [1.54, 1.807) is 22.6 Å². The molecule has 0 aliphatic carbocycles. The Kier molecular flexibility index (Phi) is 28.0. The van der Waals surface area contributed by atoms with Crippen LogP contribution in [-0.4, -0.2) is 63.5 Å². The number of carboxylic acids is 1. The second kappa shape index (κ2) is 29.7. The average Bonchev–Trinajstić information content (AvgIpc) is 3.21. The third-order valence-electron chi connectivity index (χ3n) is 6.98. The summed E-state index contributed by atoms with van der Waals surface area (Å²) in [4.78, 5) is 102. The van der Waals surface area contributed by atoms with Crippen molar-refractivity contribution in [1.29, 1.82) is 0 Å². The van der Waals surface area contributed by atoms with Crippen LogP contribution in [0.1, 0.15) is 51.8 Å². The first-order chi connectivity index (χ1) is 30.1. The van der Waals surface area contributed by atoms with E-state index < -0.39 is 52.9 Å². The van der Waals surface area contributed by atoms with Gasteiger partial charge in [0.05, 0.1) is 40.9 Å². The summed E-state index contributed by atoms with van der Waals surface area (Å²) in [6.07, 6.45) is 0. The highest BCUT2D eigenvalue weighted by molar-refractivity contribution is 14.1. The molecule has 0 saturated heterocycles. The minimum atomic E-state index is -1.17. The number of primary amides is 2. The lowest BCUT2D eigenvalue weighted by molar-refractivity contribution is -0.386. The van der Waals surface area contributed by atoms with Crippen molar-refractivity contribution in [1.82, 2.24) is 6.15 Å². The number of nitrogens with two attached hydrogens (primary N) is 2. The summed E-state index contributed by atoms with van der Waals surface area (Å²) in [6, 6.07) is 19.2. The molecule has 32 heteroatoms. The summed E-state index contributed by atoms with van der Waals surface area (Å²) in [5, 5.41) is 59.1. The van der Waals surface area contributed by atoms with Gasteiger partial charge in [-0.25, -0.2) is 4.79 Å². The van der Waals surface area contributed by atoms with Crippen molar-refractivity contribution in [2.24, 2.45) is 11.5 Å². The quantitative estimate of drug-likeness (QED) is 0.0438. The SMILES string of the molecule is N.NC(=O)c1ccc(Cl)c([N+](=O)[O-])c1.NC(=O)c1ccc(I)c([N+](=O)[O-])c1.O.O=C(Cl)c1ccc(Cl)c([N+](=O)[O-])c1.O=C(Cl)c1ccc(I)c([N+](=O)[O-])c1.O=C(O)c1ccc(I)c([N+](=O)[O-])c1. The number of rotatable bonds is 10. The number of carbonyl (C=O) groups excluding carboxylic acids is 4. The Labute approximate surface area is 434 Å². The number of nitro benzene ring substituents is 5. The van der Waals surface area contributed by atoms with E-state index in [1.165, 1.54) is 66.7 Å². The Hall–Kier alpha value is -5.88. The highest BCUT2D eigenvalue weighted by Gasteiger charge is 2.18. The topological polar surface area (TPSA) is 440 Å². The number of nitro groups is 5. The first-order valence-electron chi connectivity index (χ1n) is 16.0. The summed E-state index contributed by atoms with van der Waals surface area (Å²) in [5.41, 5.74) is 9.19. The zero-order chi connectivity index (χ0) is 50.0. The van der Waals surface area contributed by atoms with Gasteiger partial charge in [-0.1, -0.05) is 23.2 Å². The molecule has 5 rings (SSSR count). The second-order valence-electron chi connectivity index (χ2n) is 11.2. The fraction of sp³-hybridized carbons (Fsp3) is 0. The Morgan fingerprint density at radius 1 is 0.448 bits per heavy atom. The van der Waals surface area contributed by atoms with E-state index in [0.29, 0.717) is 10.7 Å². The maximum absolute atomic E-state index is 10.7. The summed E-state index contributed by atoms with van der Waals surface area (Å²) in [5.74, 6) is -2.56. The maximum Gasteiger partial charge on any atom is 0.335 e. The van der Waals surface area contributed by atoms with Gasteiger partial charge in [0.25, 0.3) is 38.9 Å². The zero-order valence-corrected chi connectivity index (χ0v) is 42.0. The van der Waals surface area contributed by atoms with Gasteiger partial charge in [0, 0.05) is 52.6 Å². The first kappa shape index (κ1) is 63.2. The van der Waals surface area contributed by atoms with Crippen LogP contribution >= 0.6 is 114 Å². The third-order valence-corrected chi connectivity index (χ3v) is 10.8. The van der Waals surface area contributed by atoms with Crippen molar-refractivity contribution >= 4 is 171 Å². The maximum atomic E-state index is 10.7. The zero-order valence-electron chi connectivity index (χ0n) is 32.5. The molecule has 356 valence electrons. The van der Waals surface area contributed by atoms with Gasteiger partial charge < -0.3 is 28.2 Å². The van der Waals surface area contributed by atoms with Gasteiger partial charge in [0.1, 0.15) is 10.0 Å². The molecule has 0 unspecified atom stereocenters. The van der Waals surface area contributed by atoms with Crippen LogP contribution < -0.4 is 17.6 Å². The van der Waals surface area contributed by atoms with E-state index in [-0.39, 0.29) is 77.9 Å². The van der Waals surface area contributed by atoms with E-state index in [2.05, 4.69) is 0 Å². The van der Waals surface area contributed by atoms with E-state index in [0.717, 1.165) is 24.3 Å². The van der Waals surface area contributed by atoms with Crippen LogP contribution in [0.2, 0.25) is 10.0 Å². The molecule has 2 amide bonds. The molecular formula is C35H25Cl4I3N8O17. The van der Waals surface area contributed by atoms with Crippen molar-refractivity contribution in [3.63, 3.8) is 0 Å². The highest BCUT2D eigenvalue weighted by atomic mass is 127. The number of carboxylic acid groups (broad SMARTS) is 1. The van der Waals surface area contributed by atoms with Crippen molar-refractivity contribution in [3.05, 3.63) is 190 Å². The fourth-order valence-corrected chi connectivity index (χ4v) is 6.15. The lowest BCUT2D eigenvalue weighted by Crippen LogP contribution is -2.11. The van der Waals surface area contributed by atoms with Gasteiger partial charge in [-0.2, -0.15) is 0 Å². The molecule has 10 N–H and O–H groups in total. The number of benzene rings is 5. The molecule has 0 radical (unpaired) electrons. The Bertz CT molecular complexity index is 2330. The molecule has 25 nitrogen and oxygen atoms in total. The van der Waals surface area contributed by atoms with E-state index in [9.17, 15) is 74.5 Å². The Morgan fingerprint density at radius 2 is 0.672 bits per heavy atom. The van der Waals surface area contributed by atoms with Crippen molar-refractivity contribution in [2.45, 2.75) is 0 Å². The molecule has 67 heavy (non-hydrogen) atoms. The van der Waals surface area contributed by atoms with Crippen LogP contribution in [0.4, 0.5) is 28.4 Å². The minimum Gasteiger partial charge on any atom is -0.478 e. The van der Waals surface area contributed by atoms with E-state index >= 15 is 0 Å².